The van der Waals surface area contributed by atoms with E-state index < -0.39 is 11.6 Å². The summed E-state index contributed by atoms with van der Waals surface area (Å²) >= 11 is 1.27. The van der Waals surface area contributed by atoms with E-state index in [1.54, 1.807) is 26.0 Å². The number of aromatic nitrogens is 2. The quantitative estimate of drug-likeness (QED) is 0.674. The van der Waals surface area contributed by atoms with Crippen molar-refractivity contribution in [1.82, 2.24) is 9.97 Å². The maximum absolute atomic E-state index is 11.9. The summed E-state index contributed by atoms with van der Waals surface area (Å²) in [6.45, 7) is 5.46. The number of nitrogens with zero attached hydrogens (tertiary/aromatic N) is 2. The molecule has 0 aliphatic rings. The molecule has 3 aromatic heterocycles. The van der Waals surface area contributed by atoms with Gasteiger partial charge in [0.15, 0.2) is 0 Å². The molecule has 0 aliphatic carbocycles. The summed E-state index contributed by atoms with van der Waals surface area (Å²) in [6.07, 6.45) is 1.52. The number of nitrogens with one attached hydrogen (secondary N) is 1. The van der Waals surface area contributed by atoms with Crippen LogP contribution >= 0.6 is 11.3 Å². The van der Waals surface area contributed by atoms with Crippen molar-refractivity contribution in [2.45, 2.75) is 26.4 Å². The van der Waals surface area contributed by atoms with Gasteiger partial charge in [-0.25, -0.2) is 14.8 Å². The third-order valence-electron chi connectivity index (χ3n) is 3.92. The average molecular weight is 361 g/mol. The molecule has 1 atom stereocenters. The summed E-state index contributed by atoms with van der Waals surface area (Å²) in [5, 5.41) is 14.5. The van der Waals surface area contributed by atoms with Crippen molar-refractivity contribution in [3.8, 4) is 0 Å². The molecule has 0 saturated carbocycles. The number of fused-ring (bicyclic) bond motifs is 1. The van der Waals surface area contributed by atoms with Gasteiger partial charge in [0.25, 0.3) is 0 Å². The molecule has 0 bridgehead atoms. The van der Waals surface area contributed by atoms with Gasteiger partial charge in [-0.3, -0.25) is 0 Å². The number of carbonyl (C=O) groups excluding carboxylic acids is 1. The molecule has 0 amide bonds. The molecule has 0 aliphatic heterocycles. The summed E-state index contributed by atoms with van der Waals surface area (Å²) in [7, 11) is 1.35. The number of anilines is 1. The van der Waals surface area contributed by atoms with Crippen molar-refractivity contribution >= 4 is 33.3 Å². The summed E-state index contributed by atoms with van der Waals surface area (Å²) < 4.78 is 10.1. The van der Waals surface area contributed by atoms with Crippen LogP contribution in [0.15, 0.2) is 22.8 Å². The van der Waals surface area contributed by atoms with Crippen molar-refractivity contribution in [3.63, 3.8) is 0 Å². The van der Waals surface area contributed by atoms with Crippen LogP contribution in [0.4, 0.5) is 5.82 Å². The molecular formula is C17H19N3O4S. The number of aliphatic hydroxyl groups is 1. The summed E-state index contributed by atoms with van der Waals surface area (Å²) in [6, 6.07) is 3.44. The van der Waals surface area contributed by atoms with E-state index in [9.17, 15) is 9.90 Å². The minimum absolute atomic E-state index is 0.189. The fourth-order valence-electron chi connectivity index (χ4n) is 2.59. The van der Waals surface area contributed by atoms with Crippen LogP contribution in [0, 0.1) is 13.8 Å². The van der Waals surface area contributed by atoms with Crippen LogP contribution in [0.25, 0.3) is 10.2 Å². The van der Waals surface area contributed by atoms with Gasteiger partial charge in [0.1, 0.15) is 32.7 Å². The first kappa shape index (κ1) is 17.4. The monoisotopic (exact) mass is 361 g/mol. The second kappa shape index (κ2) is 6.45. The molecule has 0 radical (unpaired) electrons. The SMILES string of the molecule is COC(=O)c1sc2nc(C)nc(NCC(C)(O)c3ccco3)c2c1C. The van der Waals surface area contributed by atoms with Crippen LogP contribution in [-0.4, -0.2) is 34.7 Å². The second-order valence-electron chi connectivity index (χ2n) is 5.95. The zero-order valence-corrected chi connectivity index (χ0v) is 15.2. The molecule has 3 aromatic rings. The smallest absolute Gasteiger partial charge is 0.348 e. The zero-order valence-electron chi connectivity index (χ0n) is 14.4. The van der Waals surface area contributed by atoms with Crippen LogP contribution in [0.1, 0.15) is 33.7 Å². The molecule has 1 unspecified atom stereocenters. The summed E-state index contributed by atoms with van der Waals surface area (Å²) in [4.78, 5) is 22.0. The number of hydrogen-bond acceptors (Lipinski definition) is 8. The molecule has 0 spiro atoms. The zero-order chi connectivity index (χ0) is 18.2. The Labute approximate surface area is 148 Å². The molecule has 2 N–H and O–H groups in total. The number of carbonyl (C=O) groups is 1. The first-order chi connectivity index (χ1) is 11.8. The fourth-order valence-corrected chi connectivity index (χ4v) is 3.73. The number of furan rings is 1. The standard InChI is InChI=1S/C17H19N3O4S/c1-9-12-14(18-8-17(3,22)11-6-5-7-24-11)19-10(2)20-15(12)25-13(9)16(21)23-4/h5-7,22H,8H2,1-4H3,(H,18,19,20). The minimum atomic E-state index is -1.20. The first-order valence-corrected chi connectivity index (χ1v) is 8.51. The number of rotatable bonds is 5. The topological polar surface area (TPSA) is 97.5 Å². The van der Waals surface area contributed by atoms with Crippen LogP contribution in [0.3, 0.4) is 0 Å². The summed E-state index contributed by atoms with van der Waals surface area (Å²) in [5.74, 6) is 1.20. The highest BCUT2D eigenvalue weighted by molar-refractivity contribution is 7.20. The molecule has 0 aromatic carbocycles. The molecule has 3 rings (SSSR count). The Morgan fingerprint density at radius 2 is 2.20 bits per heavy atom. The van der Waals surface area contributed by atoms with Gasteiger partial charge in [0, 0.05) is 0 Å². The Bertz CT molecular complexity index is 916. The van der Waals surface area contributed by atoms with Gasteiger partial charge in [-0.1, -0.05) is 0 Å². The summed E-state index contributed by atoms with van der Waals surface area (Å²) in [5.41, 5.74) is -0.448. The number of thiophene rings is 1. The predicted octanol–water partition coefficient (Wildman–Crippen LogP) is 3.01. The van der Waals surface area contributed by atoms with Crippen LogP contribution in [0.5, 0.6) is 0 Å². The van der Waals surface area contributed by atoms with E-state index >= 15 is 0 Å². The Morgan fingerprint density at radius 1 is 1.44 bits per heavy atom. The largest absolute Gasteiger partial charge is 0.466 e. The van der Waals surface area contributed by atoms with Gasteiger partial charge in [-0.15, -0.1) is 11.3 Å². The molecule has 132 valence electrons. The van der Waals surface area contributed by atoms with E-state index in [-0.39, 0.29) is 6.54 Å². The predicted molar refractivity (Wildman–Crippen MR) is 95.0 cm³/mol. The number of aryl methyl sites for hydroxylation is 2. The highest BCUT2D eigenvalue weighted by atomic mass is 32.1. The van der Waals surface area contributed by atoms with E-state index in [0.717, 1.165) is 10.9 Å². The third kappa shape index (κ3) is 3.22. The van der Waals surface area contributed by atoms with Gasteiger partial charge in [0.2, 0.25) is 0 Å². The maximum atomic E-state index is 11.9. The van der Waals surface area contributed by atoms with Crippen molar-refractivity contribution < 1.29 is 19.1 Å². The lowest BCUT2D eigenvalue weighted by molar-refractivity contribution is 0.0476. The first-order valence-electron chi connectivity index (χ1n) is 7.70. The van der Waals surface area contributed by atoms with Crippen molar-refractivity contribution in [3.05, 3.63) is 40.4 Å². The van der Waals surface area contributed by atoms with Gasteiger partial charge in [0.05, 0.1) is 25.3 Å². The average Bonchev–Trinajstić information content (AvgIpc) is 3.21. The van der Waals surface area contributed by atoms with Gasteiger partial charge in [-0.05, 0) is 38.5 Å². The van der Waals surface area contributed by atoms with Crippen LogP contribution in [-0.2, 0) is 10.3 Å². The van der Waals surface area contributed by atoms with Crippen molar-refractivity contribution in [2.24, 2.45) is 0 Å². The minimum Gasteiger partial charge on any atom is -0.466 e. The van der Waals surface area contributed by atoms with Crippen LogP contribution < -0.4 is 5.32 Å². The number of esters is 1. The van der Waals surface area contributed by atoms with Gasteiger partial charge >= 0.3 is 5.97 Å². The molecule has 8 heteroatoms. The van der Waals surface area contributed by atoms with E-state index in [0.29, 0.717) is 27.1 Å². The Morgan fingerprint density at radius 3 is 2.84 bits per heavy atom. The maximum Gasteiger partial charge on any atom is 0.348 e. The number of ether oxygens (including phenoxy) is 1. The third-order valence-corrected chi connectivity index (χ3v) is 5.09. The van der Waals surface area contributed by atoms with E-state index in [1.807, 2.05) is 6.92 Å². The lowest BCUT2D eigenvalue weighted by Crippen LogP contribution is -2.30. The van der Waals surface area contributed by atoms with E-state index in [4.69, 9.17) is 9.15 Å². The Balaban J connectivity index is 1.98. The number of methoxy groups -OCH3 is 1. The van der Waals surface area contributed by atoms with Crippen LogP contribution in [0.2, 0.25) is 0 Å². The fraction of sp³-hybridized carbons (Fsp3) is 0.353. The Kier molecular flexibility index (Phi) is 4.49. The van der Waals surface area contributed by atoms with E-state index in [2.05, 4.69) is 15.3 Å². The highest BCUT2D eigenvalue weighted by Gasteiger charge is 2.27. The van der Waals surface area contributed by atoms with Crippen molar-refractivity contribution in [1.29, 1.82) is 0 Å². The lowest BCUT2D eigenvalue weighted by atomic mass is 10.0. The van der Waals surface area contributed by atoms with Crippen molar-refractivity contribution in [2.75, 3.05) is 19.0 Å². The Hall–Kier alpha value is -2.45. The lowest BCUT2D eigenvalue weighted by Gasteiger charge is -2.22. The van der Waals surface area contributed by atoms with Gasteiger partial charge in [-0.2, -0.15) is 0 Å². The normalized spacial score (nSPS) is 13.6. The van der Waals surface area contributed by atoms with Gasteiger partial charge < -0.3 is 19.6 Å². The second-order valence-corrected chi connectivity index (χ2v) is 6.95. The molecule has 3 heterocycles. The number of hydrogen-bond donors (Lipinski definition) is 2. The van der Waals surface area contributed by atoms with E-state index in [1.165, 1.54) is 24.7 Å². The molecule has 0 saturated heterocycles. The molecule has 25 heavy (non-hydrogen) atoms. The molecule has 0 fully saturated rings. The molecule has 7 nitrogen and oxygen atoms in total. The highest BCUT2D eigenvalue weighted by Crippen LogP contribution is 2.34. The molecular weight excluding hydrogens is 342 g/mol.